The molecule has 4 rings (SSSR count). The lowest BCUT2D eigenvalue weighted by molar-refractivity contribution is -0.200. The molecule has 2 heteroatoms. The largest absolute Gasteiger partial charge is 0.396 e. The van der Waals surface area contributed by atoms with Crippen LogP contribution in [0.1, 0.15) is 52.4 Å². The van der Waals surface area contributed by atoms with Crippen LogP contribution in [0.3, 0.4) is 0 Å². The van der Waals surface area contributed by atoms with E-state index in [0.29, 0.717) is 6.61 Å². The van der Waals surface area contributed by atoms with Gasteiger partial charge in [0.15, 0.2) is 0 Å². The first-order valence-electron chi connectivity index (χ1n) is 6.71. The highest BCUT2D eigenvalue weighted by atomic mass is 16.3. The standard InChI is InChI=1S/C14H24O2/c1-12(2,16)14-6-10-3-11(7-14)5-13(4-10,8-14)9-15/h10-11,15-16H,3-9H2,1-2H3. The average molecular weight is 224 g/mol. The van der Waals surface area contributed by atoms with E-state index in [1.165, 1.54) is 32.1 Å². The Balaban J connectivity index is 1.99. The quantitative estimate of drug-likeness (QED) is 0.756. The third-order valence-corrected chi connectivity index (χ3v) is 5.82. The zero-order chi connectivity index (χ0) is 11.6. The first kappa shape index (κ1) is 11.0. The van der Waals surface area contributed by atoms with E-state index >= 15 is 0 Å². The van der Waals surface area contributed by atoms with E-state index in [4.69, 9.17) is 0 Å². The first-order valence-corrected chi connectivity index (χ1v) is 6.71. The minimum atomic E-state index is -0.578. The van der Waals surface area contributed by atoms with Crippen LogP contribution in [0.2, 0.25) is 0 Å². The molecule has 92 valence electrons. The lowest BCUT2D eigenvalue weighted by atomic mass is 9.41. The third kappa shape index (κ3) is 1.32. The summed E-state index contributed by atoms with van der Waals surface area (Å²) in [5.41, 5.74) is -0.324. The zero-order valence-corrected chi connectivity index (χ0v) is 10.5. The summed E-state index contributed by atoms with van der Waals surface area (Å²) >= 11 is 0. The van der Waals surface area contributed by atoms with Crippen LogP contribution in [0.4, 0.5) is 0 Å². The Bertz CT molecular complexity index is 288. The Hall–Kier alpha value is -0.0800. The Morgan fingerprint density at radius 1 is 1.12 bits per heavy atom. The van der Waals surface area contributed by atoms with Crippen molar-refractivity contribution in [3.8, 4) is 0 Å². The van der Waals surface area contributed by atoms with Crippen LogP contribution in [0.25, 0.3) is 0 Å². The number of hydrogen-bond donors (Lipinski definition) is 2. The minimum absolute atomic E-state index is 0.0970. The molecule has 2 nitrogen and oxygen atoms in total. The van der Waals surface area contributed by atoms with E-state index in [0.717, 1.165) is 18.3 Å². The topological polar surface area (TPSA) is 40.5 Å². The van der Waals surface area contributed by atoms with Crippen molar-refractivity contribution in [2.45, 2.75) is 58.0 Å². The first-order chi connectivity index (χ1) is 7.38. The van der Waals surface area contributed by atoms with Crippen molar-refractivity contribution in [1.82, 2.24) is 0 Å². The second-order valence-corrected chi connectivity index (χ2v) is 7.46. The van der Waals surface area contributed by atoms with Gasteiger partial charge in [0.05, 0.1) is 5.60 Å². The van der Waals surface area contributed by atoms with Crippen LogP contribution < -0.4 is 0 Å². The van der Waals surface area contributed by atoms with Crippen LogP contribution in [-0.4, -0.2) is 22.4 Å². The maximum Gasteiger partial charge on any atom is 0.0648 e. The summed E-state index contributed by atoms with van der Waals surface area (Å²) in [4.78, 5) is 0. The predicted octanol–water partition coefficient (Wildman–Crippen LogP) is 2.34. The molecule has 4 aliphatic carbocycles. The molecule has 0 amide bonds. The van der Waals surface area contributed by atoms with Crippen LogP contribution in [0, 0.1) is 22.7 Å². The van der Waals surface area contributed by atoms with Crippen molar-refractivity contribution in [3.05, 3.63) is 0 Å². The van der Waals surface area contributed by atoms with Crippen LogP contribution in [0.5, 0.6) is 0 Å². The molecule has 2 atom stereocenters. The Morgan fingerprint density at radius 2 is 1.69 bits per heavy atom. The molecule has 0 aromatic carbocycles. The fraction of sp³-hybridized carbons (Fsp3) is 1.00. The predicted molar refractivity (Wildman–Crippen MR) is 62.9 cm³/mol. The van der Waals surface area contributed by atoms with E-state index in [9.17, 15) is 10.2 Å². The molecule has 4 saturated carbocycles. The smallest absolute Gasteiger partial charge is 0.0648 e. The van der Waals surface area contributed by atoms with Gasteiger partial charge in [0.25, 0.3) is 0 Å². The van der Waals surface area contributed by atoms with E-state index in [1.807, 2.05) is 13.8 Å². The highest BCUT2D eigenvalue weighted by Gasteiger charge is 2.61. The van der Waals surface area contributed by atoms with Gasteiger partial charge in [-0.05, 0) is 75.0 Å². The van der Waals surface area contributed by atoms with Crippen molar-refractivity contribution in [2.24, 2.45) is 22.7 Å². The Labute approximate surface area is 98.1 Å². The second kappa shape index (κ2) is 3.02. The van der Waals surface area contributed by atoms with Gasteiger partial charge in [-0.25, -0.2) is 0 Å². The Morgan fingerprint density at radius 3 is 2.12 bits per heavy atom. The summed E-state index contributed by atoms with van der Waals surface area (Å²) in [6.45, 7) is 4.29. The summed E-state index contributed by atoms with van der Waals surface area (Å²) in [5.74, 6) is 1.53. The molecule has 4 fully saturated rings. The highest BCUT2D eigenvalue weighted by molar-refractivity contribution is 5.11. The van der Waals surface area contributed by atoms with Gasteiger partial charge in [-0.15, -0.1) is 0 Å². The van der Waals surface area contributed by atoms with Gasteiger partial charge in [0, 0.05) is 6.61 Å². The number of aliphatic hydroxyl groups is 2. The van der Waals surface area contributed by atoms with Crippen LogP contribution in [-0.2, 0) is 0 Å². The fourth-order valence-corrected chi connectivity index (χ4v) is 5.35. The lowest BCUT2D eigenvalue weighted by Gasteiger charge is -2.65. The molecular formula is C14H24O2. The number of hydrogen-bond acceptors (Lipinski definition) is 2. The lowest BCUT2D eigenvalue weighted by Crippen LogP contribution is -2.60. The van der Waals surface area contributed by atoms with Crippen molar-refractivity contribution in [3.63, 3.8) is 0 Å². The molecule has 4 bridgehead atoms. The van der Waals surface area contributed by atoms with E-state index < -0.39 is 5.60 Å². The molecular weight excluding hydrogens is 200 g/mol. The summed E-state index contributed by atoms with van der Waals surface area (Å²) in [5, 5.41) is 20.2. The molecule has 0 saturated heterocycles. The Kier molecular flexibility index (Phi) is 2.09. The van der Waals surface area contributed by atoms with E-state index in [-0.39, 0.29) is 10.8 Å². The van der Waals surface area contributed by atoms with Gasteiger partial charge in [-0.3, -0.25) is 0 Å². The molecule has 0 aromatic heterocycles. The molecule has 0 spiro atoms. The van der Waals surface area contributed by atoms with Crippen molar-refractivity contribution < 1.29 is 10.2 Å². The summed E-state index contributed by atoms with van der Waals surface area (Å²) < 4.78 is 0. The minimum Gasteiger partial charge on any atom is -0.396 e. The molecule has 0 aromatic rings. The molecule has 2 N–H and O–H groups in total. The monoisotopic (exact) mass is 224 g/mol. The SMILES string of the molecule is CC(C)(O)C12CC3CC(CC(CO)(C3)C1)C2. The van der Waals surface area contributed by atoms with E-state index in [2.05, 4.69) is 0 Å². The van der Waals surface area contributed by atoms with Crippen molar-refractivity contribution in [1.29, 1.82) is 0 Å². The average Bonchev–Trinajstić information content (AvgIpc) is 2.14. The van der Waals surface area contributed by atoms with Gasteiger partial charge in [-0.1, -0.05) is 0 Å². The molecule has 0 aliphatic heterocycles. The molecule has 0 heterocycles. The van der Waals surface area contributed by atoms with Crippen LogP contribution in [0.15, 0.2) is 0 Å². The highest BCUT2D eigenvalue weighted by Crippen LogP contribution is 2.67. The van der Waals surface area contributed by atoms with Crippen LogP contribution >= 0.6 is 0 Å². The fourth-order valence-electron chi connectivity index (χ4n) is 5.35. The molecule has 16 heavy (non-hydrogen) atoms. The summed E-state index contributed by atoms with van der Waals surface area (Å²) in [6, 6.07) is 0. The van der Waals surface area contributed by atoms with Crippen molar-refractivity contribution >= 4 is 0 Å². The third-order valence-electron chi connectivity index (χ3n) is 5.82. The maximum atomic E-state index is 10.5. The summed E-state index contributed by atoms with van der Waals surface area (Å²) in [6.07, 6.45) is 7.19. The van der Waals surface area contributed by atoms with Gasteiger partial charge in [-0.2, -0.15) is 0 Å². The van der Waals surface area contributed by atoms with Gasteiger partial charge in [0.2, 0.25) is 0 Å². The summed E-state index contributed by atoms with van der Waals surface area (Å²) in [7, 11) is 0. The second-order valence-electron chi connectivity index (χ2n) is 7.46. The van der Waals surface area contributed by atoms with Gasteiger partial charge >= 0.3 is 0 Å². The molecule has 2 unspecified atom stereocenters. The number of aliphatic hydroxyl groups excluding tert-OH is 1. The normalized spacial score (nSPS) is 51.0. The van der Waals surface area contributed by atoms with Crippen molar-refractivity contribution in [2.75, 3.05) is 6.61 Å². The van der Waals surface area contributed by atoms with Gasteiger partial charge < -0.3 is 10.2 Å². The zero-order valence-electron chi connectivity index (χ0n) is 10.5. The van der Waals surface area contributed by atoms with E-state index in [1.54, 1.807) is 0 Å². The van der Waals surface area contributed by atoms with Gasteiger partial charge in [0.1, 0.15) is 0 Å². The number of rotatable bonds is 2. The maximum absolute atomic E-state index is 10.5. The molecule has 0 radical (unpaired) electrons. The molecule has 4 aliphatic rings.